The van der Waals surface area contributed by atoms with Crippen LogP contribution < -0.4 is 5.32 Å². The van der Waals surface area contributed by atoms with Gasteiger partial charge in [0, 0.05) is 25.0 Å². The number of benzene rings is 1. The molecule has 5 heteroatoms. The summed E-state index contributed by atoms with van der Waals surface area (Å²) in [6.07, 6.45) is 7.41. The number of carbonyl (C=O) groups is 2. The van der Waals surface area contributed by atoms with Gasteiger partial charge >= 0.3 is 0 Å². The van der Waals surface area contributed by atoms with E-state index in [1.165, 1.54) is 11.1 Å². The number of aryl methyl sites for hydroxylation is 2. The molecule has 4 rings (SSSR count). The zero-order chi connectivity index (χ0) is 18.3. The lowest BCUT2D eigenvalue weighted by atomic mass is 10.0. The van der Waals surface area contributed by atoms with Crippen molar-refractivity contribution in [3.8, 4) is 0 Å². The third kappa shape index (κ3) is 3.26. The molecule has 1 aromatic rings. The second-order valence-corrected chi connectivity index (χ2v) is 9.33. The Morgan fingerprint density at radius 1 is 1.27 bits per heavy atom. The molecule has 140 valence electrons. The van der Waals surface area contributed by atoms with Crippen LogP contribution in [-0.4, -0.2) is 46.3 Å². The Hall–Kier alpha value is -1.49. The maximum absolute atomic E-state index is 12.7. The van der Waals surface area contributed by atoms with Gasteiger partial charge in [0.2, 0.25) is 11.8 Å². The molecule has 26 heavy (non-hydrogen) atoms. The number of hydrogen-bond donors (Lipinski definition) is 1. The largest absolute Gasteiger partial charge is 0.352 e. The summed E-state index contributed by atoms with van der Waals surface area (Å²) in [5.41, 5.74) is 2.52. The summed E-state index contributed by atoms with van der Waals surface area (Å²) in [6, 6.07) is 8.88. The lowest BCUT2D eigenvalue weighted by Crippen LogP contribution is -2.49. The number of amides is 2. The molecule has 0 spiro atoms. The van der Waals surface area contributed by atoms with Crippen LogP contribution in [0.5, 0.6) is 0 Å². The molecule has 1 aliphatic heterocycles. The fraction of sp³-hybridized carbons (Fsp3) is 0.619. The van der Waals surface area contributed by atoms with Crippen LogP contribution in [0.2, 0.25) is 0 Å². The van der Waals surface area contributed by atoms with Gasteiger partial charge in [0.25, 0.3) is 0 Å². The van der Waals surface area contributed by atoms with Gasteiger partial charge in [-0.15, -0.1) is 11.8 Å². The summed E-state index contributed by atoms with van der Waals surface area (Å²) in [4.78, 5) is 27.3. The minimum atomic E-state index is -0.148. The van der Waals surface area contributed by atoms with Gasteiger partial charge in [0.15, 0.2) is 0 Å². The maximum Gasteiger partial charge on any atom is 0.236 e. The second kappa shape index (κ2) is 6.91. The third-order valence-electron chi connectivity index (χ3n) is 6.56. The van der Waals surface area contributed by atoms with E-state index in [2.05, 4.69) is 29.3 Å². The number of thioether (sulfide) groups is 1. The Bertz CT molecular complexity index is 716. The standard InChI is InChI=1S/C21H28N2O2S/c1-14-5-3-4-6-15(14)7-8-19(24)23-13-16-11-17(23)12-18(16)22-20(25)21(26-2)9-10-21/h3-6,16-18H,7-13H2,1-2H3,(H,22,25). The quantitative estimate of drug-likeness (QED) is 0.835. The molecule has 1 aromatic carbocycles. The molecular weight excluding hydrogens is 344 g/mol. The zero-order valence-electron chi connectivity index (χ0n) is 15.7. The van der Waals surface area contributed by atoms with Crippen molar-refractivity contribution in [3.05, 3.63) is 35.4 Å². The summed E-state index contributed by atoms with van der Waals surface area (Å²) < 4.78 is -0.148. The molecular formula is C21H28N2O2S. The Labute approximate surface area is 160 Å². The number of piperidine rings is 1. The van der Waals surface area contributed by atoms with E-state index in [4.69, 9.17) is 0 Å². The average molecular weight is 373 g/mol. The van der Waals surface area contributed by atoms with E-state index in [1.807, 2.05) is 18.4 Å². The summed E-state index contributed by atoms with van der Waals surface area (Å²) >= 11 is 1.68. The highest BCUT2D eigenvalue weighted by atomic mass is 32.2. The highest BCUT2D eigenvalue weighted by Gasteiger charge is 2.52. The first kappa shape index (κ1) is 17.9. The highest BCUT2D eigenvalue weighted by Crippen LogP contribution is 2.48. The Morgan fingerprint density at radius 3 is 2.65 bits per heavy atom. The van der Waals surface area contributed by atoms with Gasteiger partial charge in [-0.1, -0.05) is 24.3 Å². The number of nitrogens with one attached hydrogen (secondary N) is 1. The van der Waals surface area contributed by atoms with E-state index in [1.54, 1.807) is 11.8 Å². The number of fused-ring (bicyclic) bond motifs is 2. The molecule has 2 saturated carbocycles. The van der Waals surface area contributed by atoms with E-state index < -0.39 is 0 Å². The number of carbonyl (C=O) groups excluding carboxylic acids is 2. The van der Waals surface area contributed by atoms with Crippen LogP contribution in [0.4, 0.5) is 0 Å². The maximum atomic E-state index is 12.7. The molecule has 3 fully saturated rings. The van der Waals surface area contributed by atoms with Crippen molar-refractivity contribution >= 4 is 23.6 Å². The van der Waals surface area contributed by atoms with Gasteiger partial charge in [-0.3, -0.25) is 9.59 Å². The molecule has 2 amide bonds. The molecule has 1 N–H and O–H groups in total. The van der Waals surface area contributed by atoms with Crippen LogP contribution in [0.15, 0.2) is 24.3 Å². The van der Waals surface area contributed by atoms with E-state index in [0.717, 1.165) is 38.6 Å². The fourth-order valence-electron chi connectivity index (χ4n) is 4.65. The monoisotopic (exact) mass is 372 g/mol. The molecule has 2 bridgehead atoms. The molecule has 4 nitrogen and oxygen atoms in total. The van der Waals surface area contributed by atoms with Crippen molar-refractivity contribution in [1.82, 2.24) is 10.2 Å². The first-order valence-electron chi connectivity index (χ1n) is 9.72. The Kier molecular flexibility index (Phi) is 4.76. The van der Waals surface area contributed by atoms with E-state index in [9.17, 15) is 9.59 Å². The summed E-state index contributed by atoms with van der Waals surface area (Å²) in [7, 11) is 0. The SMILES string of the molecule is CSC1(C(=O)NC2CC3CC2CN3C(=O)CCc2ccccc2C)CC1. The van der Waals surface area contributed by atoms with Crippen LogP contribution in [0.1, 0.15) is 43.2 Å². The predicted molar refractivity (Wildman–Crippen MR) is 105 cm³/mol. The third-order valence-corrected chi connectivity index (χ3v) is 7.93. The number of likely N-dealkylation sites (tertiary alicyclic amines) is 1. The van der Waals surface area contributed by atoms with Gasteiger partial charge in [0.1, 0.15) is 0 Å². The molecule has 3 aliphatic rings. The van der Waals surface area contributed by atoms with Crippen LogP contribution in [0.3, 0.4) is 0 Å². The predicted octanol–water partition coefficient (Wildman–Crippen LogP) is 2.93. The van der Waals surface area contributed by atoms with E-state index in [0.29, 0.717) is 18.4 Å². The molecule has 1 saturated heterocycles. The first-order valence-corrected chi connectivity index (χ1v) is 10.9. The van der Waals surface area contributed by atoms with Crippen molar-refractivity contribution in [2.75, 3.05) is 12.8 Å². The molecule has 0 radical (unpaired) electrons. The van der Waals surface area contributed by atoms with Crippen LogP contribution in [0, 0.1) is 12.8 Å². The normalized spacial score (nSPS) is 28.2. The van der Waals surface area contributed by atoms with Gasteiger partial charge in [-0.25, -0.2) is 0 Å². The van der Waals surface area contributed by atoms with Gasteiger partial charge < -0.3 is 10.2 Å². The van der Waals surface area contributed by atoms with Crippen LogP contribution in [0.25, 0.3) is 0 Å². The molecule has 2 aliphatic carbocycles. The topological polar surface area (TPSA) is 49.4 Å². The van der Waals surface area contributed by atoms with Crippen molar-refractivity contribution in [1.29, 1.82) is 0 Å². The van der Waals surface area contributed by atoms with Gasteiger partial charge in [0.05, 0.1) is 4.75 Å². The smallest absolute Gasteiger partial charge is 0.236 e. The highest BCUT2D eigenvalue weighted by molar-refractivity contribution is 8.01. The van der Waals surface area contributed by atoms with Crippen molar-refractivity contribution < 1.29 is 9.59 Å². The Balaban J connectivity index is 1.29. The van der Waals surface area contributed by atoms with Crippen molar-refractivity contribution in [2.24, 2.45) is 5.92 Å². The van der Waals surface area contributed by atoms with Gasteiger partial charge in [-0.05, 0) is 62.3 Å². The lowest BCUT2D eigenvalue weighted by Gasteiger charge is -2.32. The molecule has 3 atom stereocenters. The van der Waals surface area contributed by atoms with Crippen LogP contribution in [-0.2, 0) is 16.0 Å². The van der Waals surface area contributed by atoms with Crippen molar-refractivity contribution in [3.63, 3.8) is 0 Å². The minimum absolute atomic E-state index is 0.148. The van der Waals surface area contributed by atoms with E-state index in [-0.39, 0.29) is 22.6 Å². The number of hydrogen-bond acceptors (Lipinski definition) is 3. The van der Waals surface area contributed by atoms with Crippen molar-refractivity contribution in [2.45, 2.75) is 62.3 Å². The van der Waals surface area contributed by atoms with Gasteiger partial charge in [-0.2, -0.15) is 0 Å². The Morgan fingerprint density at radius 2 is 2.04 bits per heavy atom. The molecule has 0 aromatic heterocycles. The zero-order valence-corrected chi connectivity index (χ0v) is 16.5. The van der Waals surface area contributed by atoms with E-state index >= 15 is 0 Å². The summed E-state index contributed by atoms with van der Waals surface area (Å²) in [5.74, 6) is 0.928. The second-order valence-electron chi connectivity index (χ2n) is 8.14. The molecule has 1 heterocycles. The average Bonchev–Trinajstić information content (AvgIpc) is 3.21. The first-order chi connectivity index (χ1) is 12.5. The number of rotatable bonds is 6. The van der Waals surface area contributed by atoms with Crippen LogP contribution >= 0.6 is 11.8 Å². The summed E-state index contributed by atoms with van der Waals surface area (Å²) in [6.45, 7) is 2.92. The molecule has 3 unspecified atom stereocenters. The summed E-state index contributed by atoms with van der Waals surface area (Å²) in [5, 5.41) is 3.29. The number of nitrogens with zero attached hydrogens (tertiary/aromatic N) is 1. The lowest BCUT2D eigenvalue weighted by molar-refractivity contribution is -0.133. The minimum Gasteiger partial charge on any atom is -0.352 e. The fourth-order valence-corrected chi connectivity index (χ4v) is 5.40.